The largest absolute Gasteiger partial charge is 0.497 e. The van der Waals surface area contributed by atoms with E-state index in [0.717, 1.165) is 0 Å². The molecule has 0 spiro atoms. The van der Waals surface area contributed by atoms with Crippen molar-refractivity contribution in [2.45, 2.75) is 13.8 Å². The molecule has 0 saturated carbocycles. The third-order valence-electron chi connectivity index (χ3n) is 3.20. The first kappa shape index (κ1) is 16.3. The van der Waals surface area contributed by atoms with Gasteiger partial charge in [0.2, 0.25) is 0 Å². The first-order chi connectivity index (χ1) is 9.34. The molecule has 20 heavy (non-hydrogen) atoms. The topological polar surface area (TPSA) is 64.8 Å². The van der Waals surface area contributed by atoms with Crippen LogP contribution in [0.5, 0.6) is 11.5 Å². The molecular weight excluding hydrogens is 256 g/mol. The SMILES string of the molecule is COc1ccc(OC)c(C(=O)N(C)CC(C)(C)CN)c1. The Morgan fingerprint density at radius 2 is 1.95 bits per heavy atom. The lowest BCUT2D eigenvalue weighted by atomic mass is 9.93. The second-order valence-corrected chi connectivity index (χ2v) is 5.60. The maximum absolute atomic E-state index is 12.5. The van der Waals surface area contributed by atoms with Crippen molar-refractivity contribution in [3.63, 3.8) is 0 Å². The Hall–Kier alpha value is -1.75. The van der Waals surface area contributed by atoms with Gasteiger partial charge in [-0.3, -0.25) is 4.79 Å². The molecule has 0 radical (unpaired) electrons. The Bertz CT molecular complexity index is 472. The van der Waals surface area contributed by atoms with Gasteiger partial charge in [-0.15, -0.1) is 0 Å². The molecule has 0 fully saturated rings. The van der Waals surface area contributed by atoms with Crippen LogP contribution in [0.15, 0.2) is 18.2 Å². The van der Waals surface area contributed by atoms with Crippen LogP contribution in [0.4, 0.5) is 0 Å². The van der Waals surface area contributed by atoms with Gasteiger partial charge in [0.1, 0.15) is 11.5 Å². The summed E-state index contributed by atoms with van der Waals surface area (Å²) in [5.41, 5.74) is 6.07. The maximum atomic E-state index is 12.5. The van der Waals surface area contributed by atoms with E-state index in [9.17, 15) is 4.79 Å². The molecular formula is C15H24N2O3. The lowest BCUT2D eigenvalue weighted by Gasteiger charge is -2.29. The van der Waals surface area contributed by atoms with Crippen LogP contribution in [0.1, 0.15) is 24.2 Å². The Kier molecular flexibility index (Phi) is 5.39. The Balaban J connectivity index is 3.01. The number of nitrogens with two attached hydrogens (primary N) is 1. The molecule has 1 aromatic rings. The number of carbonyl (C=O) groups excluding carboxylic acids is 1. The maximum Gasteiger partial charge on any atom is 0.257 e. The number of hydrogen-bond donors (Lipinski definition) is 1. The number of methoxy groups -OCH3 is 2. The zero-order chi connectivity index (χ0) is 15.3. The fraction of sp³-hybridized carbons (Fsp3) is 0.533. The molecule has 5 heteroatoms. The lowest BCUT2D eigenvalue weighted by molar-refractivity contribution is 0.0737. The van der Waals surface area contributed by atoms with E-state index in [1.54, 1.807) is 44.4 Å². The van der Waals surface area contributed by atoms with Crippen LogP contribution in [0.3, 0.4) is 0 Å². The number of nitrogens with zero attached hydrogens (tertiary/aromatic N) is 1. The smallest absolute Gasteiger partial charge is 0.257 e. The summed E-state index contributed by atoms with van der Waals surface area (Å²) in [6.07, 6.45) is 0. The molecule has 0 aliphatic carbocycles. The van der Waals surface area contributed by atoms with Gasteiger partial charge in [0.05, 0.1) is 19.8 Å². The van der Waals surface area contributed by atoms with Gasteiger partial charge in [-0.2, -0.15) is 0 Å². The molecule has 0 heterocycles. The van der Waals surface area contributed by atoms with Crippen molar-refractivity contribution in [2.75, 3.05) is 34.4 Å². The predicted octanol–water partition coefficient (Wildman–Crippen LogP) is 1.76. The number of rotatable bonds is 6. The lowest BCUT2D eigenvalue weighted by Crippen LogP contribution is -2.39. The molecule has 0 saturated heterocycles. The minimum atomic E-state index is -0.128. The molecule has 0 bridgehead atoms. The van der Waals surface area contributed by atoms with Gasteiger partial charge in [-0.05, 0) is 30.2 Å². The standard InChI is InChI=1S/C15H24N2O3/c1-15(2,9-16)10-17(3)14(18)12-8-11(19-4)6-7-13(12)20-5/h6-8H,9-10,16H2,1-5H3. The summed E-state index contributed by atoms with van der Waals surface area (Å²) in [7, 11) is 4.87. The number of benzene rings is 1. The van der Waals surface area contributed by atoms with Crippen molar-refractivity contribution >= 4 is 5.91 Å². The predicted molar refractivity (Wildman–Crippen MR) is 79.3 cm³/mol. The van der Waals surface area contributed by atoms with Crippen molar-refractivity contribution < 1.29 is 14.3 Å². The highest BCUT2D eigenvalue weighted by molar-refractivity contribution is 5.97. The summed E-state index contributed by atoms with van der Waals surface area (Å²) in [6.45, 7) is 5.14. The summed E-state index contributed by atoms with van der Waals surface area (Å²) in [5, 5.41) is 0. The second kappa shape index (κ2) is 6.61. The summed E-state index contributed by atoms with van der Waals surface area (Å²) < 4.78 is 10.4. The summed E-state index contributed by atoms with van der Waals surface area (Å²) in [5.74, 6) is 1.05. The molecule has 0 unspecified atom stereocenters. The number of hydrogen-bond acceptors (Lipinski definition) is 4. The van der Waals surface area contributed by atoms with Crippen molar-refractivity contribution in [1.82, 2.24) is 4.90 Å². The highest BCUT2D eigenvalue weighted by Gasteiger charge is 2.24. The highest BCUT2D eigenvalue weighted by atomic mass is 16.5. The minimum Gasteiger partial charge on any atom is -0.497 e. The van der Waals surface area contributed by atoms with Gasteiger partial charge in [0.15, 0.2) is 0 Å². The highest BCUT2D eigenvalue weighted by Crippen LogP contribution is 2.26. The van der Waals surface area contributed by atoms with E-state index in [1.165, 1.54) is 0 Å². The van der Waals surface area contributed by atoms with Crippen molar-refractivity contribution in [1.29, 1.82) is 0 Å². The number of amides is 1. The summed E-state index contributed by atoms with van der Waals surface area (Å²) in [6, 6.07) is 5.18. The molecule has 0 aliphatic rings. The normalized spacial score (nSPS) is 11.1. The Morgan fingerprint density at radius 3 is 2.45 bits per heavy atom. The fourth-order valence-electron chi connectivity index (χ4n) is 1.97. The molecule has 1 amide bonds. The van der Waals surface area contributed by atoms with Crippen LogP contribution in [0, 0.1) is 5.41 Å². The molecule has 112 valence electrons. The van der Waals surface area contributed by atoms with Crippen LogP contribution >= 0.6 is 0 Å². The monoisotopic (exact) mass is 280 g/mol. The van der Waals surface area contributed by atoms with Crippen molar-refractivity contribution in [3.8, 4) is 11.5 Å². The number of ether oxygens (including phenoxy) is 2. The number of carbonyl (C=O) groups is 1. The first-order valence-corrected chi connectivity index (χ1v) is 6.52. The minimum absolute atomic E-state index is 0.109. The molecule has 2 N–H and O–H groups in total. The Morgan fingerprint density at radius 1 is 1.30 bits per heavy atom. The third-order valence-corrected chi connectivity index (χ3v) is 3.20. The third kappa shape index (κ3) is 3.87. The first-order valence-electron chi connectivity index (χ1n) is 6.52. The molecule has 0 atom stereocenters. The summed E-state index contributed by atoms with van der Waals surface area (Å²) >= 11 is 0. The van der Waals surface area contributed by atoms with Gasteiger partial charge in [-0.25, -0.2) is 0 Å². The van der Waals surface area contributed by atoms with Gasteiger partial charge in [0.25, 0.3) is 5.91 Å². The van der Waals surface area contributed by atoms with E-state index in [2.05, 4.69) is 0 Å². The van der Waals surface area contributed by atoms with Crippen molar-refractivity contribution in [2.24, 2.45) is 11.1 Å². The quantitative estimate of drug-likeness (QED) is 0.862. The van der Waals surface area contributed by atoms with E-state index in [0.29, 0.717) is 30.2 Å². The van der Waals surface area contributed by atoms with Gasteiger partial charge in [-0.1, -0.05) is 13.8 Å². The molecule has 1 rings (SSSR count). The van der Waals surface area contributed by atoms with E-state index >= 15 is 0 Å². The van der Waals surface area contributed by atoms with E-state index < -0.39 is 0 Å². The van der Waals surface area contributed by atoms with Crippen LogP contribution in [0.25, 0.3) is 0 Å². The van der Waals surface area contributed by atoms with Crippen LogP contribution in [-0.4, -0.2) is 45.2 Å². The van der Waals surface area contributed by atoms with Gasteiger partial charge < -0.3 is 20.1 Å². The second-order valence-electron chi connectivity index (χ2n) is 5.60. The van der Waals surface area contributed by atoms with E-state index in [1.807, 2.05) is 13.8 Å². The summed E-state index contributed by atoms with van der Waals surface area (Å²) in [4.78, 5) is 14.2. The molecule has 0 aromatic heterocycles. The van der Waals surface area contributed by atoms with Crippen molar-refractivity contribution in [3.05, 3.63) is 23.8 Å². The molecule has 1 aromatic carbocycles. The molecule has 5 nitrogen and oxygen atoms in total. The fourth-order valence-corrected chi connectivity index (χ4v) is 1.97. The zero-order valence-electron chi connectivity index (χ0n) is 12.9. The molecule has 0 aliphatic heterocycles. The average Bonchev–Trinajstić information content (AvgIpc) is 2.45. The average molecular weight is 280 g/mol. The van der Waals surface area contributed by atoms with Crippen LogP contribution in [-0.2, 0) is 0 Å². The van der Waals surface area contributed by atoms with Crippen LogP contribution in [0.2, 0.25) is 0 Å². The van der Waals surface area contributed by atoms with Crippen LogP contribution < -0.4 is 15.2 Å². The van der Waals surface area contributed by atoms with Gasteiger partial charge in [0, 0.05) is 13.6 Å². The van der Waals surface area contributed by atoms with Gasteiger partial charge >= 0.3 is 0 Å². The van der Waals surface area contributed by atoms with E-state index in [4.69, 9.17) is 15.2 Å². The van der Waals surface area contributed by atoms with E-state index in [-0.39, 0.29) is 11.3 Å². The Labute approximate surface area is 120 Å². The zero-order valence-corrected chi connectivity index (χ0v) is 12.9.